The molecule has 4 rings (SSSR count). The van der Waals surface area contributed by atoms with Crippen LogP contribution in [0.5, 0.6) is 0 Å². The molecule has 3 fully saturated rings. The first kappa shape index (κ1) is 22.2. The van der Waals surface area contributed by atoms with Crippen LogP contribution in [0.3, 0.4) is 0 Å². The number of likely N-dealkylation sites (tertiary alicyclic amines) is 1. The summed E-state index contributed by atoms with van der Waals surface area (Å²) < 4.78 is 0. The lowest BCUT2D eigenvalue weighted by Crippen LogP contribution is -2.48. The maximum absolute atomic E-state index is 13.1. The lowest BCUT2D eigenvalue weighted by molar-refractivity contribution is -0.135. The van der Waals surface area contributed by atoms with Crippen LogP contribution in [0.25, 0.3) is 0 Å². The van der Waals surface area contributed by atoms with Gasteiger partial charge in [-0.2, -0.15) is 0 Å². The summed E-state index contributed by atoms with van der Waals surface area (Å²) in [6, 6.07) is 1.87. The van der Waals surface area contributed by atoms with E-state index in [0.29, 0.717) is 17.0 Å². The third-order valence-corrected chi connectivity index (χ3v) is 8.53. The molecule has 0 aromatic carbocycles. The average Bonchev–Trinajstić information content (AvgIpc) is 3.13. The summed E-state index contributed by atoms with van der Waals surface area (Å²) in [7, 11) is 0. The van der Waals surface area contributed by atoms with E-state index < -0.39 is 0 Å². The largest absolute Gasteiger partial charge is 0.356 e. The van der Waals surface area contributed by atoms with Crippen molar-refractivity contribution >= 4 is 35.1 Å². The van der Waals surface area contributed by atoms with E-state index in [1.54, 1.807) is 0 Å². The number of piperidine rings is 1. The number of aromatic nitrogens is 2. The van der Waals surface area contributed by atoms with Crippen molar-refractivity contribution in [2.45, 2.75) is 63.9 Å². The van der Waals surface area contributed by atoms with Crippen molar-refractivity contribution in [2.24, 2.45) is 23.2 Å². The number of carbonyl (C=O) groups is 1. The highest BCUT2D eigenvalue weighted by Crippen LogP contribution is 2.41. The number of thioether (sulfide) groups is 1. The molecule has 1 aliphatic carbocycles. The molecule has 166 valence electrons. The highest BCUT2D eigenvalue weighted by molar-refractivity contribution is 7.98. The number of rotatable bonds is 4. The SMILES string of the molecule is CSc1nc(Cl)cc(N2CCC3(CCCN(C(=O)CC4CCC(C)C(C)C4)C3)C2)n1. The van der Waals surface area contributed by atoms with Crippen LogP contribution >= 0.6 is 23.4 Å². The summed E-state index contributed by atoms with van der Waals surface area (Å²) in [6.07, 6.45) is 9.84. The third-order valence-electron chi connectivity index (χ3n) is 7.79. The molecule has 1 aromatic rings. The number of carbonyl (C=O) groups excluding carboxylic acids is 1. The van der Waals surface area contributed by atoms with Gasteiger partial charge in [0.15, 0.2) is 5.16 Å². The molecule has 7 heteroatoms. The molecular formula is C23H35ClN4OS. The number of nitrogens with zero attached hydrogens (tertiary/aromatic N) is 4. The first-order valence-corrected chi connectivity index (χ1v) is 13.1. The van der Waals surface area contributed by atoms with Crippen molar-refractivity contribution in [3.63, 3.8) is 0 Å². The number of hydrogen-bond donors (Lipinski definition) is 0. The van der Waals surface area contributed by atoms with Crippen molar-refractivity contribution in [1.82, 2.24) is 14.9 Å². The van der Waals surface area contributed by atoms with E-state index in [1.807, 2.05) is 12.3 Å². The van der Waals surface area contributed by atoms with Crippen LogP contribution in [-0.2, 0) is 4.79 Å². The summed E-state index contributed by atoms with van der Waals surface area (Å²) in [5, 5.41) is 1.22. The van der Waals surface area contributed by atoms with Gasteiger partial charge in [0.1, 0.15) is 11.0 Å². The molecule has 2 aliphatic heterocycles. The number of anilines is 1. The normalized spacial score (nSPS) is 32.1. The Labute approximate surface area is 190 Å². The molecule has 4 unspecified atom stereocenters. The molecule has 30 heavy (non-hydrogen) atoms. The minimum absolute atomic E-state index is 0.194. The van der Waals surface area contributed by atoms with E-state index >= 15 is 0 Å². The van der Waals surface area contributed by atoms with Gasteiger partial charge in [-0.3, -0.25) is 4.79 Å². The van der Waals surface area contributed by atoms with Crippen LogP contribution in [0.2, 0.25) is 5.15 Å². The van der Waals surface area contributed by atoms with Gasteiger partial charge in [0.05, 0.1) is 0 Å². The average molecular weight is 451 g/mol. The molecule has 0 bridgehead atoms. The Bertz CT molecular complexity index is 778. The lowest BCUT2D eigenvalue weighted by Gasteiger charge is -2.41. The number of amides is 1. The van der Waals surface area contributed by atoms with Crippen molar-refractivity contribution < 1.29 is 4.79 Å². The monoisotopic (exact) mass is 450 g/mol. The quantitative estimate of drug-likeness (QED) is 0.361. The van der Waals surface area contributed by atoms with Gasteiger partial charge in [-0.1, -0.05) is 43.6 Å². The first-order chi connectivity index (χ1) is 14.4. The minimum Gasteiger partial charge on any atom is -0.356 e. The maximum Gasteiger partial charge on any atom is 0.222 e. The van der Waals surface area contributed by atoms with E-state index in [-0.39, 0.29) is 5.41 Å². The van der Waals surface area contributed by atoms with Crippen molar-refractivity contribution in [3.05, 3.63) is 11.2 Å². The Kier molecular flexibility index (Phi) is 6.83. The topological polar surface area (TPSA) is 49.3 Å². The Morgan fingerprint density at radius 2 is 2.03 bits per heavy atom. The molecule has 1 aromatic heterocycles. The third kappa shape index (κ3) is 4.90. The predicted octanol–water partition coefficient (Wildman–Crippen LogP) is 5.13. The second-order valence-corrected chi connectivity index (χ2v) is 11.1. The van der Waals surface area contributed by atoms with Gasteiger partial charge in [0.2, 0.25) is 5.91 Å². The zero-order valence-electron chi connectivity index (χ0n) is 18.6. The Morgan fingerprint density at radius 1 is 1.20 bits per heavy atom. The van der Waals surface area contributed by atoms with Gasteiger partial charge in [-0.25, -0.2) is 9.97 Å². The summed E-state index contributed by atoms with van der Waals surface area (Å²) in [5.41, 5.74) is 0.194. The zero-order valence-corrected chi connectivity index (χ0v) is 20.1. The maximum atomic E-state index is 13.1. The van der Waals surface area contributed by atoms with Crippen molar-refractivity contribution in [3.8, 4) is 0 Å². The zero-order chi connectivity index (χ0) is 21.3. The van der Waals surface area contributed by atoms with E-state index in [1.165, 1.54) is 37.4 Å². The van der Waals surface area contributed by atoms with Gasteiger partial charge in [0.25, 0.3) is 0 Å². The predicted molar refractivity (Wildman–Crippen MR) is 124 cm³/mol. The standard InChI is InChI=1S/C23H35ClN4OS/c1-16-5-6-18(11-17(16)2)12-21(29)28-9-4-7-23(15-28)8-10-27(14-23)20-13-19(24)25-22(26-20)30-3/h13,16-18H,4-12,14-15H2,1-3H3. The summed E-state index contributed by atoms with van der Waals surface area (Å²) in [5.74, 6) is 3.44. The fourth-order valence-corrected chi connectivity index (χ4v) is 6.35. The van der Waals surface area contributed by atoms with E-state index in [0.717, 1.165) is 68.3 Å². The molecule has 2 saturated heterocycles. The smallest absolute Gasteiger partial charge is 0.222 e. The Hall–Kier alpha value is -1.01. The molecule has 3 heterocycles. The molecule has 1 saturated carbocycles. The molecule has 0 radical (unpaired) electrons. The summed E-state index contributed by atoms with van der Waals surface area (Å²) in [6.45, 7) is 8.46. The summed E-state index contributed by atoms with van der Waals surface area (Å²) >= 11 is 7.73. The molecule has 1 amide bonds. The second-order valence-electron chi connectivity index (χ2n) is 9.96. The van der Waals surface area contributed by atoms with Gasteiger partial charge < -0.3 is 9.80 Å². The van der Waals surface area contributed by atoms with Crippen LogP contribution in [0.1, 0.15) is 58.8 Å². The van der Waals surface area contributed by atoms with E-state index in [2.05, 4.69) is 33.6 Å². The molecule has 4 atom stereocenters. The van der Waals surface area contributed by atoms with Crippen LogP contribution < -0.4 is 4.90 Å². The first-order valence-electron chi connectivity index (χ1n) is 11.5. The molecule has 0 N–H and O–H groups in total. The second kappa shape index (κ2) is 9.23. The highest BCUT2D eigenvalue weighted by atomic mass is 35.5. The van der Waals surface area contributed by atoms with Crippen LogP contribution in [0.4, 0.5) is 5.82 Å². The Morgan fingerprint density at radius 3 is 2.80 bits per heavy atom. The highest BCUT2D eigenvalue weighted by Gasteiger charge is 2.43. The minimum atomic E-state index is 0.194. The van der Waals surface area contributed by atoms with Gasteiger partial charge >= 0.3 is 0 Å². The van der Waals surface area contributed by atoms with Gasteiger partial charge in [-0.15, -0.1) is 0 Å². The Balaban J connectivity index is 1.38. The van der Waals surface area contributed by atoms with Crippen LogP contribution in [0.15, 0.2) is 11.2 Å². The molecular weight excluding hydrogens is 416 g/mol. The molecule has 3 aliphatic rings. The molecule has 5 nitrogen and oxygen atoms in total. The van der Waals surface area contributed by atoms with Gasteiger partial charge in [0, 0.05) is 44.1 Å². The fraction of sp³-hybridized carbons (Fsp3) is 0.783. The lowest BCUT2D eigenvalue weighted by atomic mass is 9.74. The van der Waals surface area contributed by atoms with Gasteiger partial charge in [-0.05, 0) is 56.1 Å². The number of hydrogen-bond acceptors (Lipinski definition) is 5. The van der Waals surface area contributed by atoms with E-state index in [4.69, 9.17) is 11.6 Å². The van der Waals surface area contributed by atoms with Crippen molar-refractivity contribution in [2.75, 3.05) is 37.3 Å². The number of halogens is 1. The van der Waals surface area contributed by atoms with Crippen molar-refractivity contribution in [1.29, 1.82) is 0 Å². The van der Waals surface area contributed by atoms with Crippen LogP contribution in [0, 0.1) is 23.2 Å². The molecule has 1 spiro atoms. The fourth-order valence-electron chi connectivity index (χ4n) is 5.74. The summed E-state index contributed by atoms with van der Waals surface area (Å²) in [4.78, 5) is 26.6. The van der Waals surface area contributed by atoms with Crippen LogP contribution in [-0.4, -0.2) is 53.2 Å². The van der Waals surface area contributed by atoms with E-state index in [9.17, 15) is 4.79 Å².